The van der Waals surface area contributed by atoms with Gasteiger partial charge in [0, 0.05) is 37.1 Å². The van der Waals surface area contributed by atoms with Gasteiger partial charge in [0.05, 0.1) is 6.54 Å². The average Bonchev–Trinajstić information content (AvgIpc) is 3.33. The lowest BCUT2D eigenvalue weighted by Crippen LogP contribution is -2.39. The second-order valence-corrected chi connectivity index (χ2v) is 6.73. The van der Waals surface area contributed by atoms with Crippen molar-refractivity contribution in [3.8, 4) is 11.3 Å². The van der Waals surface area contributed by atoms with Crippen LogP contribution in [0.25, 0.3) is 11.3 Å². The monoisotopic (exact) mass is 354 g/mol. The highest BCUT2D eigenvalue weighted by Crippen LogP contribution is 2.19. The molecule has 0 bridgehead atoms. The van der Waals surface area contributed by atoms with Crippen LogP contribution in [0.15, 0.2) is 63.4 Å². The number of nitrogens with one attached hydrogen (secondary N) is 1. The standard InChI is InChI=1S/C19H22N4OS/c1-20-19(23(2)11-10-17-9-6-12-25-17)21-14-16-13-18(24-22-16)15-7-4-3-5-8-15/h3-9,12-13H,10-11,14H2,1-2H3,(H,20,21). The van der Waals surface area contributed by atoms with E-state index in [1.807, 2.05) is 43.4 Å². The molecule has 0 saturated carbocycles. The van der Waals surface area contributed by atoms with Gasteiger partial charge < -0.3 is 14.7 Å². The quantitative estimate of drug-likeness (QED) is 0.542. The van der Waals surface area contributed by atoms with E-state index >= 15 is 0 Å². The zero-order chi connectivity index (χ0) is 17.5. The van der Waals surface area contributed by atoms with Crippen molar-refractivity contribution in [2.75, 3.05) is 20.6 Å². The molecule has 130 valence electrons. The summed E-state index contributed by atoms with van der Waals surface area (Å²) >= 11 is 1.79. The van der Waals surface area contributed by atoms with Gasteiger partial charge >= 0.3 is 0 Å². The van der Waals surface area contributed by atoms with Crippen molar-refractivity contribution in [2.45, 2.75) is 13.0 Å². The molecule has 0 saturated heterocycles. The minimum atomic E-state index is 0.576. The van der Waals surface area contributed by atoms with Crippen LogP contribution >= 0.6 is 11.3 Å². The number of aliphatic imine (C=N–C) groups is 1. The molecule has 6 heteroatoms. The van der Waals surface area contributed by atoms with Crippen molar-refractivity contribution in [1.29, 1.82) is 0 Å². The van der Waals surface area contributed by atoms with Crippen molar-refractivity contribution in [3.63, 3.8) is 0 Å². The van der Waals surface area contributed by atoms with Crippen LogP contribution in [0.2, 0.25) is 0 Å². The summed E-state index contributed by atoms with van der Waals surface area (Å²) in [4.78, 5) is 7.85. The number of rotatable bonds is 6. The molecule has 0 radical (unpaired) electrons. The number of hydrogen-bond acceptors (Lipinski definition) is 4. The first-order valence-corrected chi connectivity index (χ1v) is 9.09. The summed E-state index contributed by atoms with van der Waals surface area (Å²) in [6.07, 6.45) is 1.01. The summed E-state index contributed by atoms with van der Waals surface area (Å²) in [6.45, 7) is 1.49. The van der Waals surface area contributed by atoms with E-state index in [1.54, 1.807) is 18.4 Å². The Morgan fingerprint density at radius 1 is 1.24 bits per heavy atom. The van der Waals surface area contributed by atoms with Gasteiger partial charge in [-0.15, -0.1) is 11.3 Å². The Bertz CT molecular complexity index is 796. The predicted molar refractivity (Wildman–Crippen MR) is 103 cm³/mol. The van der Waals surface area contributed by atoms with Gasteiger partial charge in [-0.25, -0.2) is 0 Å². The maximum absolute atomic E-state index is 5.43. The van der Waals surface area contributed by atoms with Crippen molar-refractivity contribution in [1.82, 2.24) is 15.4 Å². The van der Waals surface area contributed by atoms with Gasteiger partial charge in [0.15, 0.2) is 11.7 Å². The molecule has 3 rings (SSSR count). The molecule has 0 spiro atoms. The van der Waals surface area contributed by atoms with Crippen molar-refractivity contribution in [2.24, 2.45) is 4.99 Å². The van der Waals surface area contributed by atoms with Crippen molar-refractivity contribution < 1.29 is 4.52 Å². The summed E-state index contributed by atoms with van der Waals surface area (Å²) in [6, 6.07) is 16.2. The first-order chi connectivity index (χ1) is 12.3. The molecular weight excluding hydrogens is 332 g/mol. The van der Waals surface area contributed by atoms with Gasteiger partial charge in [0.1, 0.15) is 5.69 Å². The minimum absolute atomic E-state index is 0.576. The zero-order valence-corrected chi connectivity index (χ0v) is 15.3. The molecular formula is C19H22N4OS. The molecule has 2 aromatic heterocycles. The lowest BCUT2D eigenvalue weighted by atomic mass is 10.2. The molecule has 2 heterocycles. The van der Waals surface area contributed by atoms with Crippen molar-refractivity contribution >= 4 is 17.3 Å². The lowest BCUT2D eigenvalue weighted by Gasteiger charge is -2.21. The number of benzene rings is 1. The number of nitrogens with zero attached hydrogens (tertiary/aromatic N) is 3. The van der Waals surface area contributed by atoms with Crippen LogP contribution in [0.3, 0.4) is 0 Å². The summed E-state index contributed by atoms with van der Waals surface area (Å²) < 4.78 is 5.43. The second kappa shape index (κ2) is 8.48. The number of likely N-dealkylation sites (N-methyl/N-ethyl adjacent to an activating group) is 1. The van der Waals surface area contributed by atoms with Gasteiger partial charge in [-0.3, -0.25) is 4.99 Å². The van der Waals surface area contributed by atoms with E-state index in [0.717, 1.165) is 35.9 Å². The van der Waals surface area contributed by atoms with Crippen molar-refractivity contribution in [3.05, 3.63) is 64.5 Å². The number of guanidine groups is 1. The molecule has 0 aliphatic rings. The van der Waals surface area contributed by atoms with Crippen LogP contribution in [0.1, 0.15) is 10.6 Å². The second-order valence-electron chi connectivity index (χ2n) is 5.70. The number of hydrogen-bond donors (Lipinski definition) is 1. The van der Waals surface area contributed by atoms with Crippen LogP contribution in [0.5, 0.6) is 0 Å². The number of thiophene rings is 1. The topological polar surface area (TPSA) is 53.7 Å². The Kier molecular flexibility index (Phi) is 5.85. The summed E-state index contributed by atoms with van der Waals surface area (Å²) in [5.41, 5.74) is 1.88. The third-order valence-corrected chi connectivity index (χ3v) is 4.83. The first kappa shape index (κ1) is 17.2. The van der Waals surface area contributed by atoms with Gasteiger partial charge in [0.2, 0.25) is 0 Å². The normalized spacial score (nSPS) is 11.5. The fraction of sp³-hybridized carbons (Fsp3) is 0.263. The van der Waals surface area contributed by atoms with Gasteiger partial charge in [-0.05, 0) is 17.9 Å². The summed E-state index contributed by atoms with van der Waals surface area (Å²) in [5, 5.41) is 9.58. The summed E-state index contributed by atoms with van der Waals surface area (Å²) in [7, 11) is 3.84. The average molecular weight is 354 g/mol. The van der Waals surface area contributed by atoms with E-state index in [1.165, 1.54) is 4.88 Å². The smallest absolute Gasteiger partial charge is 0.193 e. The molecule has 0 unspecified atom stereocenters. The van der Waals surface area contributed by atoms with E-state index in [2.05, 4.69) is 37.9 Å². The van der Waals surface area contributed by atoms with Crippen LogP contribution in [0, 0.1) is 0 Å². The van der Waals surface area contributed by atoms with Gasteiger partial charge in [0.25, 0.3) is 0 Å². The molecule has 0 aliphatic carbocycles. The van der Waals surface area contributed by atoms with E-state index in [4.69, 9.17) is 4.52 Å². The Labute approximate surface area is 152 Å². The highest BCUT2D eigenvalue weighted by molar-refractivity contribution is 7.09. The minimum Gasteiger partial charge on any atom is -0.356 e. The highest BCUT2D eigenvalue weighted by atomic mass is 32.1. The number of aromatic nitrogens is 1. The molecule has 5 nitrogen and oxygen atoms in total. The predicted octanol–water partition coefficient (Wildman–Crippen LogP) is 3.65. The molecule has 1 aromatic carbocycles. The third-order valence-electron chi connectivity index (χ3n) is 3.89. The first-order valence-electron chi connectivity index (χ1n) is 8.21. The molecule has 0 fully saturated rings. The van der Waals surface area contributed by atoms with E-state index in [0.29, 0.717) is 6.54 Å². The van der Waals surface area contributed by atoms with E-state index in [9.17, 15) is 0 Å². The molecule has 0 amide bonds. The van der Waals surface area contributed by atoms with Gasteiger partial charge in [-0.1, -0.05) is 41.6 Å². The third kappa shape index (κ3) is 4.70. The van der Waals surface area contributed by atoms with E-state index in [-0.39, 0.29) is 0 Å². The Morgan fingerprint density at radius 3 is 2.80 bits per heavy atom. The molecule has 1 N–H and O–H groups in total. The van der Waals surface area contributed by atoms with Crippen LogP contribution in [-0.4, -0.2) is 36.7 Å². The Morgan fingerprint density at radius 2 is 2.08 bits per heavy atom. The molecule has 0 atom stereocenters. The maximum Gasteiger partial charge on any atom is 0.193 e. The maximum atomic E-state index is 5.43. The lowest BCUT2D eigenvalue weighted by molar-refractivity contribution is 0.420. The van der Waals surface area contributed by atoms with Crippen LogP contribution in [-0.2, 0) is 13.0 Å². The fourth-order valence-corrected chi connectivity index (χ4v) is 3.22. The van der Waals surface area contributed by atoms with Gasteiger partial charge in [-0.2, -0.15) is 0 Å². The molecule has 3 aromatic rings. The molecule has 25 heavy (non-hydrogen) atoms. The van der Waals surface area contributed by atoms with E-state index < -0.39 is 0 Å². The SMILES string of the molecule is CN=C(NCc1cc(-c2ccccc2)on1)N(C)CCc1cccs1. The van der Waals surface area contributed by atoms with Crippen LogP contribution in [0.4, 0.5) is 0 Å². The Hall–Kier alpha value is -2.60. The van der Waals surface area contributed by atoms with Crippen LogP contribution < -0.4 is 5.32 Å². The highest BCUT2D eigenvalue weighted by Gasteiger charge is 2.09. The fourth-order valence-electron chi connectivity index (χ4n) is 2.53. The largest absolute Gasteiger partial charge is 0.356 e. The molecule has 0 aliphatic heterocycles. The summed E-state index contributed by atoms with van der Waals surface area (Å²) in [5.74, 6) is 1.62. The zero-order valence-electron chi connectivity index (χ0n) is 14.5. The Balaban J connectivity index is 1.53.